The maximum Gasteiger partial charge on any atom is 0.246 e. The van der Waals surface area contributed by atoms with Gasteiger partial charge in [0.15, 0.2) is 0 Å². The predicted octanol–water partition coefficient (Wildman–Crippen LogP) is 4.16. The van der Waals surface area contributed by atoms with E-state index in [2.05, 4.69) is 19.9 Å². The van der Waals surface area contributed by atoms with Crippen LogP contribution in [-0.2, 0) is 4.79 Å². The Hall–Kier alpha value is -0.790. The van der Waals surface area contributed by atoms with Crippen LogP contribution in [0.3, 0.4) is 0 Å². The molecule has 0 N–H and O–H groups in total. The Kier molecular flexibility index (Phi) is 7.79. The summed E-state index contributed by atoms with van der Waals surface area (Å²) in [6.45, 7) is 6.40. The average molecular weight is 251 g/mol. The second kappa shape index (κ2) is 9.18. The van der Waals surface area contributed by atoms with Gasteiger partial charge in [-0.1, -0.05) is 45.6 Å². The zero-order valence-corrected chi connectivity index (χ0v) is 12.2. The molecule has 0 bridgehead atoms. The molecule has 0 spiro atoms. The quantitative estimate of drug-likeness (QED) is 0.491. The van der Waals surface area contributed by atoms with Crippen molar-refractivity contribution in [2.75, 3.05) is 13.1 Å². The van der Waals surface area contributed by atoms with Gasteiger partial charge in [0.25, 0.3) is 0 Å². The van der Waals surface area contributed by atoms with Crippen molar-refractivity contribution in [3.63, 3.8) is 0 Å². The van der Waals surface area contributed by atoms with Gasteiger partial charge in [0.1, 0.15) is 0 Å². The zero-order valence-electron chi connectivity index (χ0n) is 12.2. The van der Waals surface area contributed by atoms with Gasteiger partial charge in [-0.15, -0.1) is 0 Å². The van der Waals surface area contributed by atoms with Crippen LogP contribution in [0, 0.1) is 5.92 Å². The van der Waals surface area contributed by atoms with Crippen molar-refractivity contribution < 1.29 is 4.79 Å². The first-order valence-electron chi connectivity index (χ1n) is 7.69. The molecule has 1 aliphatic rings. The summed E-state index contributed by atoms with van der Waals surface area (Å²) < 4.78 is 0. The number of carbonyl (C=O) groups is 1. The van der Waals surface area contributed by atoms with Crippen molar-refractivity contribution in [1.82, 2.24) is 4.90 Å². The van der Waals surface area contributed by atoms with Crippen molar-refractivity contribution in [3.8, 4) is 0 Å². The van der Waals surface area contributed by atoms with Gasteiger partial charge in [-0.05, 0) is 37.7 Å². The van der Waals surface area contributed by atoms with E-state index in [0.29, 0.717) is 0 Å². The molecule has 1 heterocycles. The summed E-state index contributed by atoms with van der Waals surface area (Å²) in [4.78, 5) is 13.9. The lowest BCUT2D eigenvalue weighted by Crippen LogP contribution is -2.36. The summed E-state index contributed by atoms with van der Waals surface area (Å²) in [5.74, 6) is 1.01. The SMILES string of the molecule is CCCCCCCC=CC(=O)N1CCC(C)CC1. The molecule has 0 aromatic heterocycles. The van der Waals surface area contributed by atoms with E-state index < -0.39 is 0 Å². The van der Waals surface area contributed by atoms with E-state index in [1.54, 1.807) is 6.08 Å². The molecule has 1 amide bonds. The highest BCUT2D eigenvalue weighted by Crippen LogP contribution is 2.16. The molecule has 18 heavy (non-hydrogen) atoms. The van der Waals surface area contributed by atoms with Crippen LogP contribution >= 0.6 is 0 Å². The van der Waals surface area contributed by atoms with E-state index in [4.69, 9.17) is 0 Å². The van der Waals surface area contributed by atoms with Crippen LogP contribution in [0.4, 0.5) is 0 Å². The van der Waals surface area contributed by atoms with Crippen molar-refractivity contribution in [2.45, 2.75) is 65.2 Å². The number of nitrogens with zero attached hydrogens (tertiary/aromatic N) is 1. The molecule has 0 atom stereocenters. The minimum Gasteiger partial charge on any atom is -0.339 e. The van der Waals surface area contributed by atoms with Crippen LogP contribution in [0.5, 0.6) is 0 Å². The van der Waals surface area contributed by atoms with Gasteiger partial charge in [-0.25, -0.2) is 0 Å². The standard InChI is InChI=1S/C16H29NO/c1-3-4-5-6-7-8-9-10-16(18)17-13-11-15(2)12-14-17/h9-10,15H,3-8,11-14H2,1-2H3. The third-order valence-corrected chi connectivity index (χ3v) is 3.83. The number of hydrogen-bond acceptors (Lipinski definition) is 1. The first kappa shape index (κ1) is 15.3. The van der Waals surface area contributed by atoms with Crippen molar-refractivity contribution >= 4 is 5.91 Å². The van der Waals surface area contributed by atoms with E-state index in [0.717, 1.165) is 38.3 Å². The summed E-state index contributed by atoms with van der Waals surface area (Å²) in [6, 6.07) is 0. The van der Waals surface area contributed by atoms with E-state index in [1.165, 1.54) is 32.1 Å². The Bertz CT molecular complexity index is 252. The molecule has 1 aliphatic heterocycles. The number of likely N-dealkylation sites (tertiary alicyclic amines) is 1. The number of piperidine rings is 1. The first-order chi connectivity index (χ1) is 8.74. The molecule has 1 fully saturated rings. The van der Waals surface area contributed by atoms with E-state index >= 15 is 0 Å². The van der Waals surface area contributed by atoms with Crippen molar-refractivity contribution in [2.24, 2.45) is 5.92 Å². The van der Waals surface area contributed by atoms with E-state index in [9.17, 15) is 4.79 Å². The molecular weight excluding hydrogens is 222 g/mol. The highest BCUT2D eigenvalue weighted by molar-refractivity contribution is 5.87. The molecule has 104 valence electrons. The fraction of sp³-hybridized carbons (Fsp3) is 0.812. The predicted molar refractivity (Wildman–Crippen MR) is 77.5 cm³/mol. The van der Waals surface area contributed by atoms with Crippen LogP contribution in [0.1, 0.15) is 65.2 Å². The molecule has 0 aromatic carbocycles. The lowest BCUT2D eigenvalue weighted by Gasteiger charge is -2.29. The lowest BCUT2D eigenvalue weighted by atomic mass is 9.99. The molecule has 0 radical (unpaired) electrons. The maximum absolute atomic E-state index is 11.9. The number of amides is 1. The fourth-order valence-corrected chi connectivity index (χ4v) is 2.38. The summed E-state index contributed by atoms with van der Waals surface area (Å²) in [5.41, 5.74) is 0. The molecule has 1 saturated heterocycles. The molecular formula is C16H29NO. The average Bonchev–Trinajstić information content (AvgIpc) is 2.38. The summed E-state index contributed by atoms with van der Waals surface area (Å²) in [6.07, 6.45) is 13.7. The van der Waals surface area contributed by atoms with Gasteiger partial charge in [0.2, 0.25) is 5.91 Å². The highest BCUT2D eigenvalue weighted by atomic mass is 16.2. The Morgan fingerprint density at radius 2 is 1.83 bits per heavy atom. The van der Waals surface area contributed by atoms with Gasteiger partial charge >= 0.3 is 0 Å². The molecule has 1 rings (SSSR count). The van der Waals surface area contributed by atoms with Crippen molar-refractivity contribution in [1.29, 1.82) is 0 Å². The second-order valence-corrected chi connectivity index (χ2v) is 5.61. The third-order valence-electron chi connectivity index (χ3n) is 3.83. The largest absolute Gasteiger partial charge is 0.339 e. The normalized spacial score (nSPS) is 17.6. The zero-order chi connectivity index (χ0) is 13.2. The Morgan fingerprint density at radius 1 is 1.17 bits per heavy atom. The summed E-state index contributed by atoms with van der Waals surface area (Å²) >= 11 is 0. The second-order valence-electron chi connectivity index (χ2n) is 5.61. The van der Waals surface area contributed by atoms with Gasteiger partial charge < -0.3 is 4.90 Å². The Morgan fingerprint density at radius 3 is 2.50 bits per heavy atom. The topological polar surface area (TPSA) is 20.3 Å². The molecule has 0 aromatic rings. The molecule has 2 nitrogen and oxygen atoms in total. The number of carbonyl (C=O) groups excluding carboxylic acids is 1. The Labute approximate surface area is 112 Å². The number of hydrogen-bond donors (Lipinski definition) is 0. The van der Waals surface area contributed by atoms with Crippen LogP contribution in [0.25, 0.3) is 0 Å². The van der Waals surface area contributed by atoms with Gasteiger partial charge in [0, 0.05) is 13.1 Å². The van der Waals surface area contributed by atoms with E-state index in [1.807, 2.05) is 4.90 Å². The van der Waals surface area contributed by atoms with Crippen molar-refractivity contribution in [3.05, 3.63) is 12.2 Å². The van der Waals surface area contributed by atoms with Gasteiger partial charge in [-0.3, -0.25) is 4.79 Å². The lowest BCUT2D eigenvalue weighted by molar-refractivity contribution is -0.127. The van der Waals surface area contributed by atoms with Gasteiger partial charge in [0.05, 0.1) is 0 Å². The number of allylic oxidation sites excluding steroid dienone is 1. The van der Waals surface area contributed by atoms with Crippen LogP contribution < -0.4 is 0 Å². The highest BCUT2D eigenvalue weighted by Gasteiger charge is 2.17. The fourth-order valence-electron chi connectivity index (χ4n) is 2.38. The first-order valence-corrected chi connectivity index (χ1v) is 7.69. The van der Waals surface area contributed by atoms with Crippen LogP contribution in [0.2, 0.25) is 0 Å². The number of unbranched alkanes of at least 4 members (excludes halogenated alkanes) is 5. The molecule has 2 heteroatoms. The maximum atomic E-state index is 11.9. The summed E-state index contributed by atoms with van der Waals surface area (Å²) in [5, 5.41) is 0. The minimum atomic E-state index is 0.218. The third kappa shape index (κ3) is 6.23. The Balaban J connectivity index is 2.08. The van der Waals surface area contributed by atoms with E-state index in [-0.39, 0.29) is 5.91 Å². The molecule has 0 aliphatic carbocycles. The monoisotopic (exact) mass is 251 g/mol. The summed E-state index contributed by atoms with van der Waals surface area (Å²) in [7, 11) is 0. The molecule has 0 unspecified atom stereocenters. The van der Waals surface area contributed by atoms with Gasteiger partial charge in [-0.2, -0.15) is 0 Å². The smallest absolute Gasteiger partial charge is 0.246 e. The van der Waals surface area contributed by atoms with Crippen LogP contribution in [-0.4, -0.2) is 23.9 Å². The molecule has 0 saturated carbocycles. The number of rotatable bonds is 7. The minimum absolute atomic E-state index is 0.218. The van der Waals surface area contributed by atoms with Crippen LogP contribution in [0.15, 0.2) is 12.2 Å².